The summed E-state index contributed by atoms with van der Waals surface area (Å²) in [6.07, 6.45) is -11.7. The van der Waals surface area contributed by atoms with Crippen LogP contribution in [0.4, 0.5) is 36.8 Å². The van der Waals surface area contributed by atoms with Gasteiger partial charge in [-0.15, -0.1) is 0 Å². The molecule has 0 saturated heterocycles. The number of benzene rings is 1. The monoisotopic (exact) mass is 385 g/mol. The average molecular weight is 385 g/mol. The van der Waals surface area contributed by atoms with Crippen molar-refractivity contribution in [2.75, 3.05) is 11.5 Å². The molecule has 5 nitrogen and oxygen atoms in total. The molecule has 12 heteroatoms. The van der Waals surface area contributed by atoms with Crippen LogP contribution >= 0.6 is 11.8 Å². The molecular formula is C13H9F6N3O2S. The zero-order valence-corrected chi connectivity index (χ0v) is 13.1. The van der Waals surface area contributed by atoms with Gasteiger partial charge in [0.2, 0.25) is 0 Å². The van der Waals surface area contributed by atoms with Crippen molar-refractivity contribution in [2.45, 2.75) is 29.8 Å². The van der Waals surface area contributed by atoms with E-state index in [4.69, 9.17) is 4.74 Å². The molecule has 0 bridgehead atoms. The smallest absolute Gasteiger partial charge is 0.441 e. The number of fused-ring (bicyclic) bond motifs is 3. The van der Waals surface area contributed by atoms with Crippen LogP contribution in [0.3, 0.4) is 0 Å². The molecular weight excluding hydrogens is 376 g/mol. The molecule has 1 aromatic rings. The van der Waals surface area contributed by atoms with Crippen LogP contribution < -0.4 is 15.0 Å². The van der Waals surface area contributed by atoms with Crippen LogP contribution in [-0.4, -0.2) is 35.8 Å². The van der Waals surface area contributed by atoms with Gasteiger partial charge in [-0.25, -0.2) is 14.7 Å². The number of nitrogens with zero attached hydrogens (tertiary/aromatic N) is 2. The van der Waals surface area contributed by atoms with E-state index in [1.807, 2.05) is 0 Å². The second-order valence-electron chi connectivity index (χ2n) is 5.03. The molecule has 2 amide bonds. The van der Waals surface area contributed by atoms with E-state index >= 15 is 0 Å². The zero-order valence-electron chi connectivity index (χ0n) is 12.3. The summed E-state index contributed by atoms with van der Waals surface area (Å²) in [6, 6.07) is 2.71. The summed E-state index contributed by atoms with van der Waals surface area (Å²) < 4.78 is 84.0. The first-order valence-corrected chi connectivity index (χ1v) is 7.62. The highest BCUT2D eigenvalue weighted by molar-refractivity contribution is 8.15. The Labute approximate surface area is 141 Å². The molecule has 2 aliphatic rings. The van der Waals surface area contributed by atoms with E-state index in [1.54, 1.807) is 6.92 Å². The largest absolute Gasteiger partial charge is 0.494 e. The zero-order chi connectivity index (χ0) is 18.6. The third kappa shape index (κ3) is 2.58. The summed E-state index contributed by atoms with van der Waals surface area (Å²) in [5.74, 6) is 0.319. The van der Waals surface area contributed by atoms with Gasteiger partial charge in [0.25, 0.3) is 0 Å². The van der Waals surface area contributed by atoms with E-state index in [9.17, 15) is 31.1 Å². The predicted molar refractivity (Wildman–Crippen MR) is 76.8 cm³/mol. The lowest BCUT2D eigenvalue weighted by Crippen LogP contribution is -2.71. The highest BCUT2D eigenvalue weighted by Gasteiger charge is 2.75. The fourth-order valence-corrected chi connectivity index (χ4v) is 3.38. The molecule has 0 aromatic heterocycles. The fraction of sp³-hybridized carbons (Fsp3) is 0.385. The Morgan fingerprint density at radius 2 is 1.88 bits per heavy atom. The first kappa shape index (κ1) is 17.7. The summed E-state index contributed by atoms with van der Waals surface area (Å²) >= 11 is 0.545. The van der Waals surface area contributed by atoms with Gasteiger partial charge in [-0.1, -0.05) is 0 Å². The first-order valence-electron chi connectivity index (χ1n) is 6.80. The molecule has 0 radical (unpaired) electrons. The number of ether oxygens (including phenoxy) is 1. The van der Waals surface area contributed by atoms with Crippen LogP contribution in [0.25, 0.3) is 0 Å². The minimum Gasteiger partial charge on any atom is -0.494 e. The lowest BCUT2D eigenvalue weighted by Gasteiger charge is -2.39. The van der Waals surface area contributed by atoms with Crippen molar-refractivity contribution in [1.29, 1.82) is 0 Å². The quantitative estimate of drug-likeness (QED) is 0.786. The minimum absolute atomic E-state index is 0.102. The maximum Gasteiger partial charge on any atom is 0.441 e. The van der Waals surface area contributed by atoms with Crippen molar-refractivity contribution in [3.63, 3.8) is 0 Å². The van der Waals surface area contributed by atoms with Crippen LogP contribution in [0.15, 0.2) is 28.1 Å². The molecule has 0 atom stereocenters. The summed E-state index contributed by atoms with van der Waals surface area (Å²) in [5, 5.41) is 0.262. The maximum atomic E-state index is 13.1. The van der Waals surface area contributed by atoms with Crippen molar-refractivity contribution in [2.24, 2.45) is 4.99 Å². The van der Waals surface area contributed by atoms with E-state index in [0.717, 1.165) is 5.32 Å². The highest BCUT2D eigenvalue weighted by Crippen LogP contribution is 2.50. The Balaban J connectivity index is 2.12. The second kappa shape index (κ2) is 5.44. The van der Waals surface area contributed by atoms with E-state index in [1.165, 1.54) is 18.2 Å². The SMILES string of the molecule is CCOc1ccc2c(c1)N1C(=O)NC(C(F)(F)F)(C(F)(F)F)N=C1S2. The number of thioether (sulfide) groups is 1. The van der Waals surface area contributed by atoms with Crippen molar-refractivity contribution in [1.82, 2.24) is 5.32 Å². The normalized spacial score (nSPS) is 19.1. The number of aliphatic imine (C=N–C) groups is 1. The molecule has 0 spiro atoms. The van der Waals surface area contributed by atoms with Crippen LogP contribution in [0.5, 0.6) is 5.75 Å². The Kier molecular flexibility index (Phi) is 3.86. The predicted octanol–water partition coefficient (Wildman–Crippen LogP) is 3.90. The van der Waals surface area contributed by atoms with Crippen molar-refractivity contribution >= 4 is 28.6 Å². The molecule has 136 valence electrons. The molecule has 1 aromatic carbocycles. The number of carbonyl (C=O) groups is 1. The number of carbonyl (C=O) groups excluding carboxylic acids is 1. The average Bonchev–Trinajstić information content (AvgIpc) is 2.83. The van der Waals surface area contributed by atoms with E-state index in [-0.39, 0.29) is 10.6 Å². The van der Waals surface area contributed by atoms with Crippen molar-refractivity contribution in [3.05, 3.63) is 18.2 Å². The fourth-order valence-electron chi connectivity index (χ4n) is 2.34. The molecule has 0 saturated carbocycles. The number of halogens is 6. The number of hydrogen-bond donors (Lipinski definition) is 1. The van der Waals surface area contributed by atoms with Crippen molar-refractivity contribution < 1.29 is 35.9 Å². The lowest BCUT2D eigenvalue weighted by atomic mass is 10.1. The number of alkyl halides is 6. The molecule has 0 fully saturated rings. The third-order valence-corrected chi connectivity index (χ3v) is 4.47. The van der Waals surface area contributed by atoms with E-state index in [0.29, 0.717) is 29.0 Å². The highest BCUT2D eigenvalue weighted by atomic mass is 32.2. The third-order valence-electron chi connectivity index (χ3n) is 3.45. The Morgan fingerprint density at radius 1 is 1.24 bits per heavy atom. The van der Waals surface area contributed by atoms with Crippen molar-refractivity contribution in [3.8, 4) is 5.75 Å². The van der Waals surface area contributed by atoms with Gasteiger partial charge in [0, 0.05) is 11.0 Å². The summed E-state index contributed by atoms with van der Waals surface area (Å²) in [7, 11) is 0. The van der Waals surface area contributed by atoms with Gasteiger partial charge in [0.15, 0.2) is 5.17 Å². The van der Waals surface area contributed by atoms with E-state index < -0.39 is 29.2 Å². The lowest BCUT2D eigenvalue weighted by molar-refractivity contribution is -0.301. The molecule has 2 heterocycles. The number of rotatable bonds is 2. The molecule has 25 heavy (non-hydrogen) atoms. The topological polar surface area (TPSA) is 53.9 Å². The summed E-state index contributed by atoms with van der Waals surface area (Å²) in [5.41, 5.74) is -4.58. The molecule has 0 aliphatic carbocycles. The molecule has 1 N–H and O–H groups in total. The number of nitrogens with one attached hydrogen (secondary N) is 1. The van der Waals surface area contributed by atoms with Crippen LogP contribution in [0.1, 0.15) is 6.92 Å². The van der Waals surface area contributed by atoms with Crippen LogP contribution in [0.2, 0.25) is 0 Å². The molecule has 0 unspecified atom stereocenters. The van der Waals surface area contributed by atoms with Gasteiger partial charge in [-0.2, -0.15) is 26.3 Å². The van der Waals surface area contributed by atoms with Gasteiger partial charge in [0.05, 0.1) is 12.3 Å². The first-order chi connectivity index (χ1) is 11.5. The number of anilines is 1. The van der Waals surface area contributed by atoms with Gasteiger partial charge < -0.3 is 4.74 Å². The van der Waals surface area contributed by atoms with Crippen LogP contribution in [0, 0.1) is 0 Å². The molecule has 3 rings (SSSR count). The number of hydrogen-bond acceptors (Lipinski definition) is 4. The summed E-state index contributed by atoms with van der Waals surface area (Å²) in [6.45, 7) is 1.99. The standard InChI is InChI=1S/C13H9F6N3O2S/c1-2-24-6-3-4-8-7(5-6)22-9(23)20-11(12(14,15)16,13(17,18)19)21-10(22)25-8/h3-5H,2H2,1H3,(H,20,23). The Morgan fingerprint density at radius 3 is 2.44 bits per heavy atom. The Hall–Kier alpha value is -2.11. The summed E-state index contributed by atoms with van der Waals surface area (Å²) in [4.78, 5) is 15.9. The minimum atomic E-state index is -5.86. The van der Waals surface area contributed by atoms with E-state index in [2.05, 4.69) is 4.99 Å². The Bertz CT molecular complexity index is 747. The van der Waals surface area contributed by atoms with Gasteiger partial charge in [-0.3, -0.25) is 5.32 Å². The van der Waals surface area contributed by atoms with Gasteiger partial charge >= 0.3 is 24.0 Å². The number of amides is 2. The maximum absolute atomic E-state index is 13.1. The number of amidine groups is 1. The van der Waals surface area contributed by atoms with Crippen LogP contribution in [-0.2, 0) is 0 Å². The second-order valence-corrected chi connectivity index (χ2v) is 6.04. The van der Waals surface area contributed by atoms with Gasteiger partial charge in [-0.05, 0) is 30.8 Å². The molecule has 2 aliphatic heterocycles. The number of urea groups is 1. The van der Waals surface area contributed by atoms with Gasteiger partial charge in [0.1, 0.15) is 5.75 Å².